The Morgan fingerprint density at radius 1 is 1.37 bits per heavy atom. The smallest absolute Gasteiger partial charge is 0.240 e. The molecule has 1 aliphatic rings. The maximum atomic E-state index is 11.2. The van der Waals surface area contributed by atoms with Gasteiger partial charge in [-0.15, -0.1) is 0 Å². The predicted molar refractivity (Wildman–Crippen MR) is 77.2 cm³/mol. The molecule has 106 valence electrons. The molecule has 0 bridgehead atoms. The summed E-state index contributed by atoms with van der Waals surface area (Å²) >= 11 is 0. The number of primary sulfonamides is 1. The van der Waals surface area contributed by atoms with Crippen molar-refractivity contribution in [3.05, 3.63) is 18.2 Å². The van der Waals surface area contributed by atoms with Gasteiger partial charge in [0.05, 0.1) is 5.69 Å². The third-order valence-corrected chi connectivity index (χ3v) is 4.70. The Hall–Kier alpha value is -1.27. The molecule has 5 nitrogen and oxygen atoms in total. The minimum Gasteiger partial charge on any atom is -0.398 e. The van der Waals surface area contributed by atoms with E-state index in [1.807, 2.05) is 0 Å². The molecule has 2 rings (SSSR count). The first-order valence-electron chi connectivity index (χ1n) is 6.52. The van der Waals surface area contributed by atoms with Crippen molar-refractivity contribution >= 4 is 21.4 Å². The fourth-order valence-corrected chi connectivity index (χ4v) is 3.34. The molecular formula is C13H21N3O2S. The van der Waals surface area contributed by atoms with Gasteiger partial charge in [0.2, 0.25) is 10.0 Å². The molecule has 0 spiro atoms. The molecule has 0 radical (unpaired) electrons. The zero-order valence-electron chi connectivity index (χ0n) is 11.1. The summed E-state index contributed by atoms with van der Waals surface area (Å²) < 4.78 is 22.5. The maximum absolute atomic E-state index is 11.2. The normalized spacial score (nSPS) is 23.5. The van der Waals surface area contributed by atoms with Gasteiger partial charge in [-0.1, -0.05) is 13.3 Å². The largest absolute Gasteiger partial charge is 0.398 e. The lowest BCUT2D eigenvalue weighted by Crippen LogP contribution is -2.15. The van der Waals surface area contributed by atoms with E-state index in [2.05, 4.69) is 12.2 Å². The number of anilines is 2. The molecule has 1 aromatic carbocycles. The second-order valence-corrected chi connectivity index (χ2v) is 6.99. The van der Waals surface area contributed by atoms with E-state index in [1.54, 1.807) is 12.1 Å². The third-order valence-electron chi connectivity index (χ3n) is 3.71. The molecule has 5 N–H and O–H groups in total. The van der Waals surface area contributed by atoms with Gasteiger partial charge in [0.25, 0.3) is 0 Å². The number of hydrogen-bond donors (Lipinski definition) is 3. The number of nitrogens with two attached hydrogens (primary N) is 2. The summed E-state index contributed by atoms with van der Waals surface area (Å²) in [5, 5.41) is 8.38. The Balaban J connectivity index is 2.01. The molecule has 1 fully saturated rings. The molecule has 1 aromatic rings. The fraction of sp³-hybridized carbons (Fsp3) is 0.538. The lowest BCUT2D eigenvalue weighted by atomic mass is 10.1. The van der Waals surface area contributed by atoms with Gasteiger partial charge in [-0.2, -0.15) is 0 Å². The Morgan fingerprint density at radius 2 is 2.11 bits per heavy atom. The van der Waals surface area contributed by atoms with Crippen LogP contribution in [-0.2, 0) is 10.0 Å². The maximum Gasteiger partial charge on any atom is 0.240 e. The van der Waals surface area contributed by atoms with Gasteiger partial charge in [-0.05, 0) is 42.9 Å². The van der Waals surface area contributed by atoms with E-state index in [9.17, 15) is 8.42 Å². The number of hydrogen-bond acceptors (Lipinski definition) is 4. The van der Waals surface area contributed by atoms with Crippen LogP contribution in [0.15, 0.2) is 23.1 Å². The highest BCUT2D eigenvalue weighted by Gasteiger charge is 2.21. The van der Waals surface area contributed by atoms with E-state index in [-0.39, 0.29) is 10.6 Å². The number of rotatable bonds is 4. The van der Waals surface area contributed by atoms with Crippen LogP contribution in [0.4, 0.5) is 11.4 Å². The molecule has 2 atom stereocenters. The first-order valence-corrected chi connectivity index (χ1v) is 8.07. The molecule has 6 heteroatoms. The van der Waals surface area contributed by atoms with Gasteiger partial charge in [-0.3, -0.25) is 0 Å². The van der Waals surface area contributed by atoms with E-state index >= 15 is 0 Å². The second-order valence-electron chi connectivity index (χ2n) is 5.46. The van der Waals surface area contributed by atoms with Crippen LogP contribution < -0.4 is 16.2 Å². The van der Waals surface area contributed by atoms with Crippen LogP contribution in [0.5, 0.6) is 0 Å². The van der Waals surface area contributed by atoms with E-state index < -0.39 is 10.0 Å². The minimum atomic E-state index is -3.74. The number of nitrogen functional groups attached to an aromatic ring is 1. The topological polar surface area (TPSA) is 98.2 Å². The molecule has 0 saturated heterocycles. The second kappa shape index (κ2) is 5.38. The van der Waals surface area contributed by atoms with Gasteiger partial charge in [0, 0.05) is 12.2 Å². The summed E-state index contributed by atoms with van der Waals surface area (Å²) in [4.78, 5) is -0.0208. The van der Waals surface area contributed by atoms with E-state index in [4.69, 9.17) is 10.9 Å². The summed E-state index contributed by atoms with van der Waals surface area (Å²) in [6.07, 6.45) is 3.79. The quantitative estimate of drug-likeness (QED) is 0.733. The van der Waals surface area contributed by atoms with E-state index in [0.29, 0.717) is 5.92 Å². The van der Waals surface area contributed by atoms with Crippen molar-refractivity contribution in [3.8, 4) is 0 Å². The molecule has 0 aliphatic heterocycles. The Morgan fingerprint density at radius 3 is 2.63 bits per heavy atom. The van der Waals surface area contributed by atoms with Crippen LogP contribution in [-0.4, -0.2) is 15.0 Å². The third kappa shape index (κ3) is 3.61. The SMILES string of the molecule is CC1CCC(CNc2ccc(S(N)(=O)=O)c(N)c2)C1. The van der Waals surface area contributed by atoms with Crippen molar-refractivity contribution in [1.29, 1.82) is 0 Å². The molecular weight excluding hydrogens is 262 g/mol. The summed E-state index contributed by atoms with van der Waals surface area (Å²) in [6, 6.07) is 4.77. The van der Waals surface area contributed by atoms with E-state index in [0.717, 1.165) is 18.2 Å². The van der Waals surface area contributed by atoms with Crippen LogP contribution >= 0.6 is 0 Å². The number of sulfonamides is 1. The Bertz CT molecular complexity index is 557. The highest BCUT2D eigenvalue weighted by molar-refractivity contribution is 7.89. The van der Waals surface area contributed by atoms with Crippen LogP contribution in [0.3, 0.4) is 0 Å². The van der Waals surface area contributed by atoms with Crippen molar-refractivity contribution in [2.45, 2.75) is 31.1 Å². The highest BCUT2D eigenvalue weighted by Crippen LogP contribution is 2.30. The van der Waals surface area contributed by atoms with E-state index in [1.165, 1.54) is 25.3 Å². The van der Waals surface area contributed by atoms with Crippen molar-refractivity contribution < 1.29 is 8.42 Å². The number of nitrogens with one attached hydrogen (secondary N) is 1. The van der Waals surface area contributed by atoms with Crippen LogP contribution in [0.1, 0.15) is 26.2 Å². The zero-order valence-corrected chi connectivity index (χ0v) is 11.9. The monoisotopic (exact) mass is 283 g/mol. The van der Waals surface area contributed by atoms with Crippen molar-refractivity contribution in [1.82, 2.24) is 0 Å². The van der Waals surface area contributed by atoms with Gasteiger partial charge < -0.3 is 11.1 Å². The minimum absolute atomic E-state index is 0.0208. The zero-order chi connectivity index (χ0) is 14.0. The lowest BCUT2D eigenvalue weighted by Gasteiger charge is -2.13. The first kappa shape index (κ1) is 14.1. The highest BCUT2D eigenvalue weighted by atomic mass is 32.2. The standard InChI is InChI=1S/C13H21N3O2S/c1-9-2-3-10(6-9)8-16-11-4-5-13(12(14)7-11)19(15,17)18/h4-5,7,9-10,16H,2-3,6,8,14H2,1H3,(H2,15,17,18). The van der Waals surface area contributed by atoms with Crippen LogP contribution in [0, 0.1) is 11.8 Å². The molecule has 0 heterocycles. The molecule has 19 heavy (non-hydrogen) atoms. The molecule has 1 saturated carbocycles. The average Bonchev–Trinajstić information content (AvgIpc) is 2.71. The molecule has 0 amide bonds. The molecule has 2 unspecified atom stereocenters. The van der Waals surface area contributed by atoms with Crippen molar-refractivity contribution in [2.75, 3.05) is 17.6 Å². The summed E-state index contributed by atoms with van der Waals surface area (Å²) in [7, 11) is -3.74. The van der Waals surface area contributed by atoms with Crippen LogP contribution in [0.25, 0.3) is 0 Å². The first-order chi connectivity index (χ1) is 8.86. The van der Waals surface area contributed by atoms with Gasteiger partial charge in [0.15, 0.2) is 0 Å². The lowest BCUT2D eigenvalue weighted by molar-refractivity contribution is 0.537. The molecule has 1 aliphatic carbocycles. The number of benzene rings is 1. The fourth-order valence-electron chi connectivity index (χ4n) is 2.69. The van der Waals surface area contributed by atoms with Crippen molar-refractivity contribution in [2.24, 2.45) is 17.0 Å². The van der Waals surface area contributed by atoms with Gasteiger partial charge >= 0.3 is 0 Å². The Labute approximate surface area is 114 Å². The average molecular weight is 283 g/mol. The van der Waals surface area contributed by atoms with Crippen LogP contribution in [0.2, 0.25) is 0 Å². The molecule has 0 aromatic heterocycles. The summed E-state index contributed by atoms with van der Waals surface area (Å²) in [6.45, 7) is 3.18. The van der Waals surface area contributed by atoms with Gasteiger partial charge in [-0.25, -0.2) is 13.6 Å². The van der Waals surface area contributed by atoms with Crippen molar-refractivity contribution in [3.63, 3.8) is 0 Å². The predicted octanol–water partition coefficient (Wildman–Crippen LogP) is 1.76. The van der Waals surface area contributed by atoms with Gasteiger partial charge in [0.1, 0.15) is 4.90 Å². The summed E-state index contributed by atoms with van der Waals surface area (Å²) in [5.41, 5.74) is 6.74. The summed E-state index contributed by atoms with van der Waals surface area (Å²) in [5.74, 6) is 1.50. The Kier molecular flexibility index (Phi) is 4.01.